The zero-order chi connectivity index (χ0) is 15.9. The Morgan fingerprint density at radius 1 is 1.23 bits per heavy atom. The molecule has 1 aliphatic carbocycles. The number of carbonyl (C=O) groups is 1. The molecule has 22 heavy (non-hydrogen) atoms. The van der Waals surface area contributed by atoms with Crippen LogP contribution in [0.4, 0.5) is 0 Å². The number of hydrogen-bond donors (Lipinski definition) is 2. The normalized spacial score (nSPS) is 23.3. The number of rotatable bonds is 6. The summed E-state index contributed by atoms with van der Waals surface area (Å²) >= 11 is 0. The standard InChI is InChI=1S/C19H30N2O/c1-14(2)19(16-10-5-4-6-11-16)20-13-18(22)21-17-12-8-7-9-15(17)3/h4-6,10-11,14-15,17,19-20H,7-9,12-13H2,1-3H3,(H,21,22)/p+1/t15-,17+,19+/m0/s1. The Morgan fingerprint density at radius 3 is 2.55 bits per heavy atom. The molecule has 2 rings (SSSR count). The van der Waals surface area contributed by atoms with Gasteiger partial charge in [0, 0.05) is 17.5 Å². The second kappa shape index (κ2) is 8.33. The summed E-state index contributed by atoms with van der Waals surface area (Å²) in [7, 11) is 0. The second-order valence-corrected chi connectivity index (χ2v) is 7.06. The van der Waals surface area contributed by atoms with Crippen LogP contribution >= 0.6 is 0 Å². The topological polar surface area (TPSA) is 45.7 Å². The maximum atomic E-state index is 12.3. The summed E-state index contributed by atoms with van der Waals surface area (Å²) in [5.41, 5.74) is 1.30. The summed E-state index contributed by atoms with van der Waals surface area (Å²) in [6, 6.07) is 11.2. The fourth-order valence-electron chi connectivity index (χ4n) is 3.50. The Morgan fingerprint density at radius 2 is 1.91 bits per heavy atom. The van der Waals surface area contributed by atoms with Crippen LogP contribution in [-0.4, -0.2) is 18.5 Å². The molecule has 1 saturated carbocycles. The van der Waals surface area contributed by atoms with Crippen molar-refractivity contribution in [3.8, 4) is 0 Å². The third-order valence-corrected chi connectivity index (χ3v) is 4.92. The molecular formula is C19H31N2O+. The molecule has 0 spiro atoms. The summed E-state index contributed by atoms with van der Waals surface area (Å²) in [6.45, 7) is 7.21. The number of nitrogens with two attached hydrogens (primary N) is 1. The molecule has 1 aromatic rings. The van der Waals surface area contributed by atoms with Crippen molar-refractivity contribution in [1.82, 2.24) is 5.32 Å². The minimum Gasteiger partial charge on any atom is -0.348 e. The SMILES string of the molecule is CC(C)[C@@H]([NH2+]CC(=O)N[C@@H]1CCCC[C@@H]1C)c1ccccc1. The predicted molar refractivity (Wildman–Crippen MR) is 90.4 cm³/mol. The maximum absolute atomic E-state index is 12.3. The van der Waals surface area contributed by atoms with Crippen LogP contribution in [0.15, 0.2) is 30.3 Å². The van der Waals surface area contributed by atoms with Crippen molar-refractivity contribution in [1.29, 1.82) is 0 Å². The molecule has 3 atom stereocenters. The highest BCUT2D eigenvalue weighted by atomic mass is 16.2. The highest BCUT2D eigenvalue weighted by Crippen LogP contribution is 2.23. The largest absolute Gasteiger partial charge is 0.348 e. The van der Waals surface area contributed by atoms with Crippen molar-refractivity contribution in [2.45, 2.75) is 58.5 Å². The van der Waals surface area contributed by atoms with Gasteiger partial charge in [0.25, 0.3) is 5.91 Å². The molecule has 3 nitrogen and oxygen atoms in total. The van der Waals surface area contributed by atoms with Gasteiger partial charge in [0.2, 0.25) is 0 Å². The lowest BCUT2D eigenvalue weighted by molar-refractivity contribution is -0.692. The van der Waals surface area contributed by atoms with E-state index in [-0.39, 0.29) is 5.91 Å². The monoisotopic (exact) mass is 303 g/mol. The molecule has 122 valence electrons. The van der Waals surface area contributed by atoms with Crippen molar-refractivity contribution in [2.75, 3.05) is 6.54 Å². The molecular weight excluding hydrogens is 272 g/mol. The first-order chi connectivity index (χ1) is 10.6. The Labute approximate surface area is 134 Å². The Hall–Kier alpha value is -1.35. The molecule has 3 heteroatoms. The van der Waals surface area contributed by atoms with Crippen LogP contribution in [0.5, 0.6) is 0 Å². The van der Waals surface area contributed by atoms with Crippen LogP contribution in [0, 0.1) is 11.8 Å². The van der Waals surface area contributed by atoms with E-state index in [1.165, 1.54) is 24.8 Å². The van der Waals surface area contributed by atoms with Crippen molar-refractivity contribution in [3.05, 3.63) is 35.9 Å². The predicted octanol–water partition coefficient (Wildman–Crippen LogP) is 2.64. The van der Waals surface area contributed by atoms with Crippen molar-refractivity contribution < 1.29 is 10.1 Å². The Balaban J connectivity index is 1.85. The van der Waals surface area contributed by atoms with Gasteiger partial charge in [0.05, 0.1) is 0 Å². The zero-order valence-corrected chi connectivity index (χ0v) is 14.2. The average Bonchev–Trinajstić information content (AvgIpc) is 2.50. The number of quaternary nitrogens is 1. The molecule has 0 radical (unpaired) electrons. The third-order valence-electron chi connectivity index (χ3n) is 4.92. The molecule has 0 unspecified atom stereocenters. The lowest BCUT2D eigenvalue weighted by atomic mass is 9.86. The van der Waals surface area contributed by atoms with Gasteiger partial charge < -0.3 is 10.6 Å². The van der Waals surface area contributed by atoms with Crippen LogP contribution in [0.1, 0.15) is 58.1 Å². The lowest BCUT2D eigenvalue weighted by Gasteiger charge is -2.29. The Kier molecular flexibility index (Phi) is 6.44. The summed E-state index contributed by atoms with van der Waals surface area (Å²) in [5.74, 6) is 1.30. The first kappa shape index (κ1) is 17.0. The van der Waals surface area contributed by atoms with E-state index in [4.69, 9.17) is 0 Å². The summed E-state index contributed by atoms with van der Waals surface area (Å²) in [6.07, 6.45) is 4.94. The van der Waals surface area contributed by atoms with E-state index in [0.717, 1.165) is 6.42 Å². The number of amides is 1. The van der Waals surface area contributed by atoms with Gasteiger partial charge in [-0.1, -0.05) is 63.9 Å². The molecule has 0 aromatic heterocycles. The van der Waals surface area contributed by atoms with Crippen LogP contribution in [0.25, 0.3) is 0 Å². The molecule has 0 saturated heterocycles. The van der Waals surface area contributed by atoms with E-state index in [0.29, 0.717) is 30.5 Å². The van der Waals surface area contributed by atoms with E-state index in [1.54, 1.807) is 0 Å². The molecule has 0 aliphatic heterocycles. The molecule has 0 heterocycles. The van der Waals surface area contributed by atoms with E-state index >= 15 is 0 Å². The van der Waals surface area contributed by atoms with E-state index in [2.05, 4.69) is 55.7 Å². The molecule has 3 N–H and O–H groups in total. The van der Waals surface area contributed by atoms with Crippen LogP contribution < -0.4 is 10.6 Å². The van der Waals surface area contributed by atoms with Crippen LogP contribution in [0.2, 0.25) is 0 Å². The van der Waals surface area contributed by atoms with E-state index in [1.807, 2.05) is 6.07 Å². The lowest BCUT2D eigenvalue weighted by Crippen LogP contribution is -2.88. The number of hydrogen-bond acceptors (Lipinski definition) is 1. The van der Waals surface area contributed by atoms with Crippen molar-refractivity contribution >= 4 is 5.91 Å². The van der Waals surface area contributed by atoms with Gasteiger partial charge in [-0.15, -0.1) is 0 Å². The summed E-state index contributed by atoms with van der Waals surface area (Å²) in [4.78, 5) is 12.3. The highest BCUT2D eigenvalue weighted by molar-refractivity contribution is 5.77. The number of carbonyl (C=O) groups excluding carboxylic acids is 1. The van der Waals surface area contributed by atoms with Gasteiger partial charge in [-0.25, -0.2) is 0 Å². The van der Waals surface area contributed by atoms with E-state index < -0.39 is 0 Å². The van der Waals surface area contributed by atoms with Crippen LogP contribution in [0.3, 0.4) is 0 Å². The van der Waals surface area contributed by atoms with Crippen molar-refractivity contribution in [3.63, 3.8) is 0 Å². The molecule has 0 bridgehead atoms. The Bertz CT molecular complexity index is 458. The highest BCUT2D eigenvalue weighted by Gasteiger charge is 2.25. The molecule has 1 aromatic carbocycles. The van der Waals surface area contributed by atoms with Gasteiger partial charge in [-0.2, -0.15) is 0 Å². The average molecular weight is 303 g/mol. The minimum absolute atomic E-state index is 0.181. The molecule has 1 fully saturated rings. The summed E-state index contributed by atoms with van der Waals surface area (Å²) in [5, 5.41) is 5.43. The number of benzene rings is 1. The van der Waals surface area contributed by atoms with Gasteiger partial charge in [0.1, 0.15) is 6.04 Å². The fraction of sp³-hybridized carbons (Fsp3) is 0.632. The third kappa shape index (κ3) is 4.84. The smallest absolute Gasteiger partial charge is 0.275 e. The first-order valence-corrected chi connectivity index (χ1v) is 8.75. The van der Waals surface area contributed by atoms with E-state index in [9.17, 15) is 4.79 Å². The maximum Gasteiger partial charge on any atom is 0.275 e. The van der Waals surface area contributed by atoms with Crippen molar-refractivity contribution in [2.24, 2.45) is 11.8 Å². The summed E-state index contributed by atoms with van der Waals surface area (Å²) < 4.78 is 0. The fourth-order valence-corrected chi connectivity index (χ4v) is 3.50. The molecule has 1 aliphatic rings. The van der Waals surface area contributed by atoms with Crippen LogP contribution in [-0.2, 0) is 4.79 Å². The second-order valence-electron chi connectivity index (χ2n) is 7.06. The zero-order valence-electron chi connectivity index (χ0n) is 14.2. The quantitative estimate of drug-likeness (QED) is 0.834. The van der Waals surface area contributed by atoms with Gasteiger partial charge >= 0.3 is 0 Å². The van der Waals surface area contributed by atoms with Gasteiger partial charge in [0.15, 0.2) is 6.54 Å². The minimum atomic E-state index is 0.181. The van der Waals surface area contributed by atoms with Gasteiger partial charge in [-0.3, -0.25) is 4.79 Å². The first-order valence-electron chi connectivity index (χ1n) is 8.75. The number of nitrogens with one attached hydrogen (secondary N) is 1. The van der Waals surface area contributed by atoms with Gasteiger partial charge in [-0.05, 0) is 18.8 Å². The molecule has 1 amide bonds.